The Hall–Kier alpha value is -1.48. The molecular weight excluding hydrogens is 290 g/mol. The molecule has 0 aliphatic rings. The minimum atomic E-state index is 0.256. The third-order valence-electron chi connectivity index (χ3n) is 2.89. The summed E-state index contributed by atoms with van der Waals surface area (Å²) in [7, 11) is 0. The zero-order valence-corrected chi connectivity index (χ0v) is 11.8. The van der Waals surface area contributed by atoms with E-state index in [0.29, 0.717) is 5.75 Å². The summed E-state index contributed by atoms with van der Waals surface area (Å²) in [4.78, 5) is 0. The van der Waals surface area contributed by atoms with Gasteiger partial charge in [-0.15, -0.1) is 0 Å². The summed E-state index contributed by atoms with van der Waals surface area (Å²) in [5.74, 6) is 0.303. The van der Waals surface area contributed by atoms with E-state index in [4.69, 9.17) is 0 Å². The minimum absolute atomic E-state index is 0.256. The van der Waals surface area contributed by atoms with Crippen molar-refractivity contribution in [3.05, 3.63) is 58.6 Å². The molecule has 2 aromatic rings. The van der Waals surface area contributed by atoms with Crippen LogP contribution in [-0.2, 0) is 0 Å². The Kier molecular flexibility index (Phi) is 4.26. The first kappa shape index (κ1) is 13.0. The Labute approximate surface area is 116 Å². The van der Waals surface area contributed by atoms with E-state index in [0.717, 1.165) is 16.6 Å². The number of phenolic OH excluding ortho intramolecular Hbond substituents is 1. The van der Waals surface area contributed by atoms with Crippen molar-refractivity contribution in [2.24, 2.45) is 0 Å². The molecular formula is C15H16BrNO. The highest BCUT2D eigenvalue weighted by molar-refractivity contribution is 9.10. The van der Waals surface area contributed by atoms with Gasteiger partial charge in [0.15, 0.2) is 0 Å². The summed E-state index contributed by atoms with van der Waals surface area (Å²) in [5.41, 5.74) is 2.27. The molecule has 2 N–H and O–H groups in total. The van der Waals surface area contributed by atoms with Crippen molar-refractivity contribution in [1.29, 1.82) is 0 Å². The normalized spacial score (nSPS) is 12.1. The molecule has 18 heavy (non-hydrogen) atoms. The topological polar surface area (TPSA) is 32.3 Å². The van der Waals surface area contributed by atoms with Gasteiger partial charge in [-0.2, -0.15) is 0 Å². The maximum absolute atomic E-state index is 9.31. The molecule has 0 radical (unpaired) electrons. The quantitative estimate of drug-likeness (QED) is 0.857. The molecule has 0 saturated heterocycles. The van der Waals surface area contributed by atoms with Gasteiger partial charge in [-0.25, -0.2) is 0 Å². The van der Waals surface area contributed by atoms with E-state index < -0.39 is 0 Å². The Morgan fingerprint density at radius 3 is 2.22 bits per heavy atom. The number of hydrogen-bond donors (Lipinski definition) is 2. The van der Waals surface area contributed by atoms with Crippen molar-refractivity contribution in [3.63, 3.8) is 0 Å². The molecule has 0 amide bonds. The van der Waals surface area contributed by atoms with Crippen LogP contribution in [0.3, 0.4) is 0 Å². The maximum Gasteiger partial charge on any atom is 0.115 e. The maximum atomic E-state index is 9.31. The molecule has 2 nitrogen and oxygen atoms in total. The first-order valence-electron chi connectivity index (χ1n) is 6.00. The Morgan fingerprint density at radius 2 is 1.67 bits per heavy atom. The number of halogens is 1. The zero-order valence-electron chi connectivity index (χ0n) is 10.2. The summed E-state index contributed by atoms with van der Waals surface area (Å²) < 4.78 is 1.07. The van der Waals surface area contributed by atoms with Crippen LogP contribution in [0.25, 0.3) is 0 Å². The number of rotatable bonds is 4. The number of benzene rings is 2. The molecule has 94 valence electrons. The molecule has 0 aromatic heterocycles. The van der Waals surface area contributed by atoms with Gasteiger partial charge in [0.05, 0.1) is 6.04 Å². The molecule has 2 aromatic carbocycles. The molecule has 0 bridgehead atoms. The van der Waals surface area contributed by atoms with Crippen LogP contribution in [0.15, 0.2) is 53.0 Å². The lowest BCUT2D eigenvalue weighted by molar-refractivity contribution is 0.475. The van der Waals surface area contributed by atoms with E-state index in [1.165, 1.54) is 5.56 Å². The van der Waals surface area contributed by atoms with Crippen LogP contribution >= 0.6 is 15.9 Å². The minimum Gasteiger partial charge on any atom is -0.508 e. The van der Waals surface area contributed by atoms with Crippen LogP contribution in [0.5, 0.6) is 5.75 Å². The Balaban J connectivity index is 2.14. The van der Waals surface area contributed by atoms with Crippen LogP contribution in [-0.4, -0.2) is 5.11 Å². The molecule has 0 fully saturated rings. The van der Waals surface area contributed by atoms with E-state index in [-0.39, 0.29) is 6.04 Å². The fourth-order valence-corrected chi connectivity index (χ4v) is 2.14. The number of hydrogen-bond acceptors (Lipinski definition) is 2. The molecule has 3 heteroatoms. The van der Waals surface area contributed by atoms with E-state index >= 15 is 0 Å². The lowest BCUT2D eigenvalue weighted by Gasteiger charge is -2.19. The highest BCUT2D eigenvalue weighted by Gasteiger charge is 2.08. The molecule has 0 spiro atoms. The first-order valence-corrected chi connectivity index (χ1v) is 6.79. The van der Waals surface area contributed by atoms with E-state index in [9.17, 15) is 5.11 Å². The predicted molar refractivity (Wildman–Crippen MR) is 78.9 cm³/mol. The zero-order chi connectivity index (χ0) is 13.0. The lowest BCUT2D eigenvalue weighted by Crippen LogP contribution is -2.09. The van der Waals surface area contributed by atoms with Crippen molar-refractivity contribution in [1.82, 2.24) is 0 Å². The second kappa shape index (κ2) is 5.91. The van der Waals surface area contributed by atoms with Crippen LogP contribution in [0, 0.1) is 0 Å². The number of phenols is 1. The van der Waals surface area contributed by atoms with Crippen LogP contribution in [0.2, 0.25) is 0 Å². The molecule has 0 saturated carbocycles. The van der Waals surface area contributed by atoms with Gasteiger partial charge in [0.2, 0.25) is 0 Å². The van der Waals surface area contributed by atoms with Gasteiger partial charge in [0.1, 0.15) is 5.75 Å². The first-order chi connectivity index (χ1) is 8.69. The van der Waals surface area contributed by atoms with E-state index in [1.807, 2.05) is 36.4 Å². The average Bonchev–Trinajstić information content (AvgIpc) is 2.39. The molecule has 2 rings (SSSR count). The molecule has 0 aliphatic heterocycles. The summed E-state index contributed by atoms with van der Waals surface area (Å²) in [6.07, 6.45) is 0.987. The SMILES string of the molecule is CCC(Nc1ccc(Br)cc1)c1ccc(O)cc1. The Bertz CT molecular complexity index is 493. The van der Waals surface area contributed by atoms with Crippen molar-refractivity contribution >= 4 is 21.6 Å². The van der Waals surface area contributed by atoms with Crippen LogP contribution in [0.4, 0.5) is 5.69 Å². The second-order valence-electron chi connectivity index (χ2n) is 4.20. The fourth-order valence-electron chi connectivity index (χ4n) is 1.88. The second-order valence-corrected chi connectivity index (χ2v) is 5.12. The van der Waals surface area contributed by atoms with Gasteiger partial charge in [-0.1, -0.05) is 35.0 Å². The summed E-state index contributed by atoms with van der Waals surface area (Å²) >= 11 is 3.43. The highest BCUT2D eigenvalue weighted by Crippen LogP contribution is 2.24. The van der Waals surface area contributed by atoms with Crippen LogP contribution in [0.1, 0.15) is 24.9 Å². The molecule has 0 heterocycles. The van der Waals surface area contributed by atoms with Gasteiger partial charge in [0, 0.05) is 10.2 Å². The smallest absolute Gasteiger partial charge is 0.115 e. The molecule has 0 aliphatic carbocycles. The number of anilines is 1. The van der Waals surface area contributed by atoms with Crippen molar-refractivity contribution in [3.8, 4) is 5.75 Å². The standard InChI is InChI=1S/C15H16BrNO/c1-2-15(11-3-9-14(18)10-4-11)17-13-7-5-12(16)6-8-13/h3-10,15,17-18H,2H2,1H3. The van der Waals surface area contributed by atoms with Gasteiger partial charge >= 0.3 is 0 Å². The average molecular weight is 306 g/mol. The van der Waals surface area contributed by atoms with Gasteiger partial charge < -0.3 is 10.4 Å². The van der Waals surface area contributed by atoms with Crippen molar-refractivity contribution in [2.45, 2.75) is 19.4 Å². The third-order valence-corrected chi connectivity index (χ3v) is 3.42. The van der Waals surface area contributed by atoms with Crippen molar-refractivity contribution in [2.75, 3.05) is 5.32 Å². The van der Waals surface area contributed by atoms with Gasteiger partial charge in [-0.3, -0.25) is 0 Å². The monoisotopic (exact) mass is 305 g/mol. The fraction of sp³-hybridized carbons (Fsp3) is 0.200. The largest absolute Gasteiger partial charge is 0.508 e. The van der Waals surface area contributed by atoms with E-state index in [1.54, 1.807) is 12.1 Å². The van der Waals surface area contributed by atoms with Crippen LogP contribution < -0.4 is 5.32 Å². The number of aromatic hydroxyl groups is 1. The lowest BCUT2D eigenvalue weighted by atomic mass is 10.0. The summed E-state index contributed by atoms with van der Waals surface area (Å²) in [6.45, 7) is 2.14. The van der Waals surface area contributed by atoms with Gasteiger partial charge in [0.25, 0.3) is 0 Å². The summed E-state index contributed by atoms with van der Waals surface area (Å²) in [5, 5.41) is 12.8. The molecule has 1 atom stereocenters. The predicted octanol–water partition coefficient (Wildman–Crippen LogP) is 4.72. The Morgan fingerprint density at radius 1 is 1.06 bits per heavy atom. The van der Waals surface area contributed by atoms with Crippen molar-refractivity contribution < 1.29 is 5.11 Å². The number of nitrogens with one attached hydrogen (secondary N) is 1. The highest BCUT2D eigenvalue weighted by atomic mass is 79.9. The summed E-state index contributed by atoms with van der Waals surface area (Å²) in [6, 6.07) is 15.7. The van der Waals surface area contributed by atoms with E-state index in [2.05, 4.69) is 28.2 Å². The van der Waals surface area contributed by atoms with Gasteiger partial charge in [-0.05, 0) is 48.4 Å². The third kappa shape index (κ3) is 3.26. The molecule has 1 unspecified atom stereocenters.